The van der Waals surface area contributed by atoms with Crippen molar-refractivity contribution in [1.29, 1.82) is 0 Å². The Kier molecular flexibility index (Phi) is 5.83. The van der Waals surface area contributed by atoms with Gasteiger partial charge in [-0.25, -0.2) is 4.79 Å². The molecule has 0 radical (unpaired) electrons. The Morgan fingerprint density at radius 2 is 2.00 bits per heavy atom. The second-order valence-electron chi connectivity index (χ2n) is 5.04. The lowest BCUT2D eigenvalue weighted by molar-refractivity contribution is 0.249. The Labute approximate surface area is 139 Å². The number of methoxy groups -OCH3 is 1. The van der Waals surface area contributed by atoms with Crippen LogP contribution in [0.25, 0.3) is 0 Å². The largest absolute Gasteiger partial charge is 0.497 e. The van der Waals surface area contributed by atoms with Gasteiger partial charge in [-0.15, -0.1) is 0 Å². The van der Waals surface area contributed by atoms with Crippen LogP contribution in [0.1, 0.15) is 12.5 Å². The first kappa shape index (κ1) is 16.4. The van der Waals surface area contributed by atoms with Crippen LogP contribution in [0.3, 0.4) is 0 Å². The molecule has 0 aliphatic heterocycles. The van der Waals surface area contributed by atoms with E-state index in [2.05, 4.69) is 26.6 Å². The fourth-order valence-electron chi connectivity index (χ4n) is 2.15. The van der Waals surface area contributed by atoms with E-state index in [0.29, 0.717) is 0 Å². The minimum absolute atomic E-state index is 0.00888. The first-order chi connectivity index (χ1) is 10.6. The van der Waals surface area contributed by atoms with Gasteiger partial charge in [0.25, 0.3) is 0 Å². The molecule has 1 unspecified atom stereocenters. The molecule has 116 valence electrons. The average molecular weight is 363 g/mol. The molecule has 2 amide bonds. The van der Waals surface area contributed by atoms with Crippen LogP contribution in [0, 0.1) is 0 Å². The standard InChI is InChI=1S/C17H19BrN2O2/c1-12(10-13-6-5-7-14(11-13)22-2)19-17(21)20-16-9-4-3-8-15(16)18/h3-9,11-12H,10H2,1-2H3,(H2,19,20,21). The average Bonchev–Trinajstić information content (AvgIpc) is 2.49. The molecule has 2 aromatic carbocycles. The van der Waals surface area contributed by atoms with Crippen molar-refractivity contribution in [2.75, 3.05) is 12.4 Å². The van der Waals surface area contributed by atoms with Gasteiger partial charge in [0.1, 0.15) is 5.75 Å². The number of rotatable bonds is 5. The van der Waals surface area contributed by atoms with E-state index in [1.807, 2.05) is 55.5 Å². The van der Waals surface area contributed by atoms with Gasteiger partial charge in [-0.05, 0) is 59.1 Å². The van der Waals surface area contributed by atoms with Crippen molar-refractivity contribution in [3.8, 4) is 5.75 Å². The van der Waals surface area contributed by atoms with Crippen LogP contribution in [0.5, 0.6) is 5.75 Å². The molecule has 2 N–H and O–H groups in total. The third kappa shape index (κ3) is 4.77. The van der Waals surface area contributed by atoms with Crippen LogP contribution >= 0.6 is 15.9 Å². The molecule has 0 saturated carbocycles. The van der Waals surface area contributed by atoms with Gasteiger partial charge in [0, 0.05) is 10.5 Å². The number of nitrogens with one attached hydrogen (secondary N) is 2. The van der Waals surface area contributed by atoms with E-state index in [0.717, 1.165) is 27.9 Å². The summed E-state index contributed by atoms with van der Waals surface area (Å²) in [5, 5.41) is 5.76. The Bertz CT molecular complexity index is 646. The zero-order valence-corrected chi connectivity index (χ0v) is 14.2. The highest BCUT2D eigenvalue weighted by molar-refractivity contribution is 9.10. The number of halogens is 1. The summed E-state index contributed by atoms with van der Waals surface area (Å²) < 4.78 is 6.06. The van der Waals surface area contributed by atoms with E-state index in [-0.39, 0.29) is 12.1 Å². The molecular formula is C17H19BrN2O2. The topological polar surface area (TPSA) is 50.4 Å². The van der Waals surface area contributed by atoms with E-state index < -0.39 is 0 Å². The SMILES string of the molecule is COc1cccc(CC(C)NC(=O)Nc2ccccc2Br)c1. The number of anilines is 1. The second-order valence-corrected chi connectivity index (χ2v) is 5.89. The number of ether oxygens (including phenoxy) is 1. The number of urea groups is 1. The van der Waals surface area contributed by atoms with Crippen LogP contribution in [-0.2, 0) is 6.42 Å². The van der Waals surface area contributed by atoms with Gasteiger partial charge in [0.15, 0.2) is 0 Å². The first-order valence-corrected chi connectivity index (χ1v) is 7.83. The molecular weight excluding hydrogens is 344 g/mol. The van der Waals surface area contributed by atoms with Crippen LogP contribution in [0.2, 0.25) is 0 Å². The summed E-state index contributed by atoms with van der Waals surface area (Å²) in [5.41, 5.74) is 1.86. The first-order valence-electron chi connectivity index (χ1n) is 7.03. The molecule has 0 aromatic heterocycles. The molecule has 0 saturated heterocycles. The molecule has 0 fully saturated rings. The minimum atomic E-state index is -0.220. The summed E-state index contributed by atoms with van der Waals surface area (Å²) in [7, 11) is 1.64. The zero-order valence-electron chi connectivity index (χ0n) is 12.6. The lowest BCUT2D eigenvalue weighted by atomic mass is 10.1. The number of carbonyl (C=O) groups excluding carboxylic acids is 1. The summed E-state index contributed by atoms with van der Waals surface area (Å²) in [5.74, 6) is 0.822. The van der Waals surface area contributed by atoms with Crippen molar-refractivity contribution in [1.82, 2.24) is 5.32 Å². The van der Waals surface area contributed by atoms with Crippen LogP contribution < -0.4 is 15.4 Å². The number of hydrogen-bond acceptors (Lipinski definition) is 2. The number of benzene rings is 2. The van der Waals surface area contributed by atoms with Crippen molar-refractivity contribution < 1.29 is 9.53 Å². The molecule has 0 aliphatic rings. The van der Waals surface area contributed by atoms with Crippen molar-refractivity contribution in [2.45, 2.75) is 19.4 Å². The van der Waals surface area contributed by atoms with Gasteiger partial charge < -0.3 is 15.4 Å². The predicted molar refractivity (Wildman–Crippen MR) is 92.5 cm³/mol. The van der Waals surface area contributed by atoms with Gasteiger partial charge in [0.2, 0.25) is 0 Å². The highest BCUT2D eigenvalue weighted by atomic mass is 79.9. The Morgan fingerprint density at radius 1 is 1.23 bits per heavy atom. The third-order valence-electron chi connectivity index (χ3n) is 3.18. The third-order valence-corrected chi connectivity index (χ3v) is 3.87. The molecule has 0 spiro atoms. The minimum Gasteiger partial charge on any atom is -0.497 e. The predicted octanol–water partition coefficient (Wildman–Crippen LogP) is 4.21. The summed E-state index contributed by atoms with van der Waals surface area (Å²) in [4.78, 5) is 12.0. The Balaban J connectivity index is 1.89. The van der Waals surface area contributed by atoms with Crippen LogP contribution in [0.4, 0.5) is 10.5 Å². The maximum Gasteiger partial charge on any atom is 0.319 e. The van der Waals surface area contributed by atoms with Gasteiger partial charge in [-0.3, -0.25) is 0 Å². The monoisotopic (exact) mass is 362 g/mol. The van der Waals surface area contributed by atoms with Gasteiger partial charge in [-0.2, -0.15) is 0 Å². The van der Waals surface area contributed by atoms with Crippen molar-refractivity contribution in [3.63, 3.8) is 0 Å². The zero-order chi connectivity index (χ0) is 15.9. The molecule has 1 atom stereocenters. The van der Waals surface area contributed by atoms with E-state index in [1.165, 1.54) is 0 Å². The maximum absolute atomic E-state index is 12.0. The van der Waals surface area contributed by atoms with E-state index in [4.69, 9.17) is 4.74 Å². The highest BCUT2D eigenvalue weighted by Crippen LogP contribution is 2.21. The fourth-order valence-corrected chi connectivity index (χ4v) is 2.53. The Hall–Kier alpha value is -2.01. The lowest BCUT2D eigenvalue weighted by Crippen LogP contribution is -2.37. The number of para-hydroxylation sites is 1. The number of amides is 2. The summed E-state index contributed by atoms with van der Waals surface area (Å²) in [6.45, 7) is 1.97. The van der Waals surface area contributed by atoms with Gasteiger partial charge in [0.05, 0.1) is 12.8 Å². The van der Waals surface area contributed by atoms with Gasteiger partial charge >= 0.3 is 6.03 Å². The number of carbonyl (C=O) groups is 1. The fraction of sp³-hybridized carbons (Fsp3) is 0.235. The number of hydrogen-bond donors (Lipinski definition) is 2. The molecule has 22 heavy (non-hydrogen) atoms. The van der Waals surface area contributed by atoms with E-state index in [9.17, 15) is 4.79 Å². The van der Waals surface area contributed by atoms with E-state index in [1.54, 1.807) is 7.11 Å². The van der Waals surface area contributed by atoms with Crippen LogP contribution in [-0.4, -0.2) is 19.2 Å². The molecule has 4 nitrogen and oxygen atoms in total. The Morgan fingerprint density at radius 3 is 2.73 bits per heavy atom. The van der Waals surface area contributed by atoms with E-state index >= 15 is 0 Å². The molecule has 0 heterocycles. The van der Waals surface area contributed by atoms with Gasteiger partial charge in [-0.1, -0.05) is 24.3 Å². The molecule has 2 rings (SSSR count). The van der Waals surface area contributed by atoms with Crippen molar-refractivity contribution in [2.24, 2.45) is 0 Å². The normalized spacial score (nSPS) is 11.6. The van der Waals surface area contributed by atoms with Crippen molar-refractivity contribution >= 4 is 27.6 Å². The molecule has 0 bridgehead atoms. The quantitative estimate of drug-likeness (QED) is 0.836. The van der Waals surface area contributed by atoms with Crippen LogP contribution in [0.15, 0.2) is 53.0 Å². The smallest absolute Gasteiger partial charge is 0.319 e. The molecule has 2 aromatic rings. The summed E-state index contributed by atoms with van der Waals surface area (Å²) in [6, 6.07) is 15.1. The van der Waals surface area contributed by atoms with Crippen molar-refractivity contribution in [3.05, 3.63) is 58.6 Å². The summed E-state index contributed by atoms with van der Waals surface area (Å²) >= 11 is 3.40. The highest BCUT2D eigenvalue weighted by Gasteiger charge is 2.10. The molecule has 0 aliphatic carbocycles. The summed E-state index contributed by atoms with van der Waals surface area (Å²) in [6.07, 6.45) is 0.737. The second kappa shape index (κ2) is 7.84. The molecule has 5 heteroatoms. The lowest BCUT2D eigenvalue weighted by Gasteiger charge is -2.15. The maximum atomic E-state index is 12.0.